The summed E-state index contributed by atoms with van der Waals surface area (Å²) >= 11 is 0. The molecule has 2 aliphatic rings. The van der Waals surface area contributed by atoms with Gasteiger partial charge >= 0.3 is 5.97 Å². The molecule has 7 heteroatoms. The highest BCUT2D eigenvalue weighted by molar-refractivity contribution is 6.74. The highest BCUT2D eigenvalue weighted by Crippen LogP contribution is 2.44. The lowest BCUT2D eigenvalue weighted by Crippen LogP contribution is -2.51. The Bertz CT molecular complexity index is 970. The van der Waals surface area contributed by atoms with Crippen LogP contribution in [0.2, 0.25) is 18.1 Å². The lowest BCUT2D eigenvalue weighted by molar-refractivity contribution is -0.323. The summed E-state index contributed by atoms with van der Waals surface area (Å²) in [4.78, 5) is 11.6. The molecule has 0 amide bonds. The molecule has 1 N–H and O–H groups in total. The van der Waals surface area contributed by atoms with E-state index in [-0.39, 0.29) is 41.8 Å². The summed E-state index contributed by atoms with van der Waals surface area (Å²) in [5.74, 6) is -0.0653. The molecule has 2 aliphatic heterocycles. The summed E-state index contributed by atoms with van der Waals surface area (Å²) < 4.78 is 24.8. The van der Waals surface area contributed by atoms with Gasteiger partial charge in [-0.2, -0.15) is 0 Å². The summed E-state index contributed by atoms with van der Waals surface area (Å²) in [6.07, 6.45) is 16.6. The van der Waals surface area contributed by atoms with E-state index in [0.29, 0.717) is 11.8 Å². The summed E-state index contributed by atoms with van der Waals surface area (Å²) in [7, 11) is -0.588. The molecule has 0 bridgehead atoms. The second-order valence-electron chi connectivity index (χ2n) is 14.0. The quantitative estimate of drug-likeness (QED) is 0.114. The van der Waals surface area contributed by atoms with Crippen LogP contribution in [0.25, 0.3) is 0 Å². The van der Waals surface area contributed by atoms with Crippen molar-refractivity contribution in [1.29, 1.82) is 0 Å². The Morgan fingerprint density at radius 3 is 2.29 bits per heavy atom. The highest BCUT2D eigenvalue weighted by atomic mass is 28.4. The minimum Gasteiger partial charge on any atom is -0.466 e. The first-order valence-electron chi connectivity index (χ1n) is 15.5. The number of hydrogen-bond acceptors (Lipinski definition) is 6. The van der Waals surface area contributed by atoms with Crippen molar-refractivity contribution >= 4 is 14.3 Å². The van der Waals surface area contributed by atoms with Crippen LogP contribution in [0.5, 0.6) is 0 Å². The molecular formula is C34H58O6Si. The van der Waals surface area contributed by atoms with Crippen molar-refractivity contribution in [3.05, 3.63) is 47.6 Å². The molecule has 41 heavy (non-hydrogen) atoms. The summed E-state index contributed by atoms with van der Waals surface area (Å²) in [5, 5.41) is 9.97. The van der Waals surface area contributed by atoms with Crippen LogP contribution in [0.4, 0.5) is 0 Å². The third kappa shape index (κ3) is 10.6. The molecule has 234 valence electrons. The number of ether oxygens (including phenoxy) is 3. The van der Waals surface area contributed by atoms with E-state index in [2.05, 4.69) is 78.9 Å². The Labute approximate surface area is 251 Å². The summed E-state index contributed by atoms with van der Waals surface area (Å²) in [6, 6.07) is 0. The molecule has 1 spiro atoms. The zero-order valence-corrected chi connectivity index (χ0v) is 28.7. The number of aliphatic hydroxyl groups is 1. The Balaban J connectivity index is 2.10. The van der Waals surface area contributed by atoms with Gasteiger partial charge in [0.1, 0.15) is 0 Å². The molecular weight excluding hydrogens is 532 g/mol. The third-order valence-corrected chi connectivity index (χ3v) is 13.7. The van der Waals surface area contributed by atoms with Crippen molar-refractivity contribution in [2.45, 2.75) is 130 Å². The van der Waals surface area contributed by atoms with Crippen molar-refractivity contribution in [1.82, 2.24) is 0 Å². The van der Waals surface area contributed by atoms with E-state index >= 15 is 0 Å². The fourth-order valence-corrected chi connectivity index (χ4v) is 6.37. The first-order chi connectivity index (χ1) is 19.0. The van der Waals surface area contributed by atoms with Gasteiger partial charge in [-0.25, -0.2) is 4.79 Å². The standard InChI is InChI=1S/C34H58O6Si/c1-24(13-17-31(28(5)23-35)40-41(10,11)33(6,7)8)12-15-29-26(3)18-20-34(38-29)21-19-27(4)30(39-34)16-14-25(2)22-32(36)37-9/h12-14,16-17,22,26-31,35H,15,18-21,23H2,1-11H3/b16-14+,17-13+,24-12+,25-22+/t26-,27-,28-,29+,30-,31-,34?/m0/s1. The monoisotopic (exact) mass is 590 g/mol. The second kappa shape index (κ2) is 15.3. The number of aliphatic hydroxyl groups excluding tert-OH is 1. The molecule has 0 aromatic carbocycles. The van der Waals surface area contributed by atoms with Crippen molar-refractivity contribution in [3.63, 3.8) is 0 Å². The normalized spacial score (nSPS) is 30.2. The SMILES string of the molecule is COC(=O)/C=C(C)/C=C/[C@@H]1OC2(CC[C@@H]1C)CC[C@H](C)[C@@H](C/C=C(C)/C=C/[C@H](O[Si](C)(C)C(C)(C)C)[C@@H](C)CO)O2. The third-order valence-electron chi connectivity index (χ3n) is 9.28. The average molecular weight is 591 g/mol. The minimum absolute atomic E-state index is 0.0299. The minimum atomic E-state index is -1.97. The molecule has 0 saturated carbocycles. The molecule has 0 radical (unpaired) electrons. The van der Waals surface area contributed by atoms with Gasteiger partial charge in [-0.15, -0.1) is 0 Å². The van der Waals surface area contributed by atoms with Crippen LogP contribution >= 0.6 is 0 Å². The van der Waals surface area contributed by atoms with Gasteiger partial charge < -0.3 is 23.7 Å². The lowest BCUT2D eigenvalue weighted by Gasteiger charge is -2.49. The van der Waals surface area contributed by atoms with E-state index in [1.54, 1.807) is 0 Å². The van der Waals surface area contributed by atoms with Crippen LogP contribution in [0, 0.1) is 17.8 Å². The molecule has 0 aromatic heterocycles. The predicted octanol–water partition coefficient (Wildman–Crippen LogP) is 7.90. The predicted molar refractivity (Wildman–Crippen MR) is 170 cm³/mol. The summed E-state index contributed by atoms with van der Waals surface area (Å²) in [6.45, 7) is 21.9. The fourth-order valence-electron chi connectivity index (χ4n) is 5.02. The van der Waals surface area contributed by atoms with Crippen molar-refractivity contribution in [2.24, 2.45) is 17.8 Å². The van der Waals surface area contributed by atoms with Gasteiger partial charge in [0.25, 0.3) is 0 Å². The first-order valence-corrected chi connectivity index (χ1v) is 18.4. The number of allylic oxidation sites excluding steroid dienone is 4. The van der Waals surface area contributed by atoms with Crippen molar-refractivity contribution < 1.29 is 28.5 Å². The number of rotatable bonds is 11. The van der Waals surface area contributed by atoms with Gasteiger partial charge in [0.05, 0.1) is 25.4 Å². The van der Waals surface area contributed by atoms with Crippen LogP contribution in [0.15, 0.2) is 47.6 Å². The molecule has 2 fully saturated rings. The first kappa shape index (κ1) is 35.7. The van der Waals surface area contributed by atoms with E-state index in [0.717, 1.165) is 37.7 Å². The highest BCUT2D eigenvalue weighted by Gasteiger charge is 2.45. The Hall–Kier alpha value is -1.51. The van der Waals surface area contributed by atoms with E-state index in [4.69, 9.17) is 18.6 Å². The fraction of sp³-hybridized carbons (Fsp3) is 0.735. The Morgan fingerprint density at radius 1 is 1.07 bits per heavy atom. The van der Waals surface area contributed by atoms with Crippen LogP contribution < -0.4 is 0 Å². The number of hydrogen-bond donors (Lipinski definition) is 1. The molecule has 0 aromatic rings. The molecule has 1 unspecified atom stereocenters. The molecule has 6 nitrogen and oxygen atoms in total. The van der Waals surface area contributed by atoms with Crippen molar-refractivity contribution in [2.75, 3.05) is 13.7 Å². The van der Waals surface area contributed by atoms with E-state index in [1.165, 1.54) is 18.8 Å². The Kier molecular flexibility index (Phi) is 13.3. The van der Waals surface area contributed by atoms with Crippen LogP contribution in [0.1, 0.15) is 87.5 Å². The van der Waals surface area contributed by atoms with Crippen LogP contribution in [-0.4, -0.2) is 57.2 Å². The van der Waals surface area contributed by atoms with Gasteiger partial charge in [0.2, 0.25) is 0 Å². The molecule has 2 rings (SSSR count). The van der Waals surface area contributed by atoms with E-state index in [1.807, 2.05) is 19.9 Å². The maximum Gasteiger partial charge on any atom is 0.330 e. The zero-order valence-electron chi connectivity index (χ0n) is 27.7. The number of carbonyl (C=O) groups is 1. The van der Waals surface area contributed by atoms with Gasteiger partial charge in [0, 0.05) is 31.4 Å². The van der Waals surface area contributed by atoms with Gasteiger partial charge in [0.15, 0.2) is 14.1 Å². The van der Waals surface area contributed by atoms with Crippen molar-refractivity contribution in [3.8, 4) is 0 Å². The molecule has 2 saturated heterocycles. The maximum absolute atomic E-state index is 11.6. The maximum atomic E-state index is 11.6. The molecule has 7 atom stereocenters. The lowest BCUT2D eigenvalue weighted by atomic mass is 9.83. The molecule has 2 heterocycles. The zero-order chi connectivity index (χ0) is 31.0. The number of methoxy groups -OCH3 is 1. The van der Waals surface area contributed by atoms with Gasteiger partial charge in [-0.1, -0.05) is 77.5 Å². The van der Waals surface area contributed by atoms with Crippen LogP contribution in [0.3, 0.4) is 0 Å². The molecule has 0 aliphatic carbocycles. The topological polar surface area (TPSA) is 74.2 Å². The van der Waals surface area contributed by atoms with Gasteiger partial charge in [-0.3, -0.25) is 0 Å². The largest absolute Gasteiger partial charge is 0.466 e. The average Bonchev–Trinajstić information content (AvgIpc) is 2.90. The number of esters is 1. The van der Waals surface area contributed by atoms with Gasteiger partial charge in [-0.05, 0) is 68.7 Å². The number of carbonyl (C=O) groups excluding carboxylic acids is 1. The van der Waals surface area contributed by atoms with E-state index in [9.17, 15) is 9.90 Å². The Morgan fingerprint density at radius 2 is 1.71 bits per heavy atom. The smallest absolute Gasteiger partial charge is 0.330 e. The summed E-state index contributed by atoms with van der Waals surface area (Å²) in [5.41, 5.74) is 2.00. The van der Waals surface area contributed by atoms with E-state index < -0.39 is 14.1 Å². The second-order valence-corrected chi connectivity index (χ2v) is 18.8. The van der Waals surface area contributed by atoms with Crippen LogP contribution in [-0.2, 0) is 23.4 Å².